The SMILES string of the molecule is O=C1/C(=C/C=C/c2ccco2)CCC/C1=C\C=C\c1ccco1. The maximum Gasteiger partial charge on any atom is 0.184 e. The third-order valence-electron chi connectivity index (χ3n) is 3.68. The molecule has 0 spiro atoms. The van der Waals surface area contributed by atoms with Crippen molar-refractivity contribution < 1.29 is 13.6 Å². The molecule has 2 aromatic rings. The first-order chi connectivity index (χ1) is 11.3. The number of rotatable bonds is 4. The molecule has 0 amide bonds. The van der Waals surface area contributed by atoms with Gasteiger partial charge in [-0.15, -0.1) is 0 Å². The van der Waals surface area contributed by atoms with E-state index in [1.807, 2.05) is 60.7 Å². The molecule has 0 aliphatic heterocycles. The van der Waals surface area contributed by atoms with E-state index in [0.29, 0.717) is 0 Å². The highest BCUT2D eigenvalue weighted by molar-refractivity contribution is 6.09. The number of ketones is 1. The topological polar surface area (TPSA) is 43.4 Å². The van der Waals surface area contributed by atoms with Gasteiger partial charge in [0.25, 0.3) is 0 Å². The lowest BCUT2D eigenvalue weighted by atomic mass is 9.88. The van der Waals surface area contributed by atoms with E-state index in [4.69, 9.17) is 8.83 Å². The van der Waals surface area contributed by atoms with Crippen LogP contribution in [0.2, 0.25) is 0 Å². The van der Waals surface area contributed by atoms with Crippen molar-refractivity contribution in [2.75, 3.05) is 0 Å². The quantitative estimate of drug-likeness (QED) is 0.729. The van der Waals surface area contributed by atoms with Crippen LogP contribution in [0, 0.1) is 0 Å². The number of carbonyl (C=O) groups is 1. The molecule has 0 unspecified atom stereocenters. The molecule has 1 aliphatic carbocycles. The number of hydrogen-bond acceptors (Lipinski definition) is 3. The molecular formula is C20H18O3. The van der Waals surface area contributed by atoms with Gasteiger partial charge in [-0.2, -0.15) is 0 Å². The maximum absolute atomic E-state index is 12.5. The fourth-order valence-corrected chi connectivity index (χ4v) is 2.51. The van der Waals surface area contributed by atoms with E-state index in [-0.39, 0.29) is 5.78 Å². The summed E-state index contributed by atoms with van der Waals surface area (Å²) in [6.07, 6.45) is 17.1. The summed E-state index contributed by atoms with van der Waals surface area (Å²) in [5.74, 6) is 1.69. The van der Waals surface area contributed by atoms with Gasteiger partial charge in [0.15, 0.2) is 5.78 Å². The van der Waals surface area contributed by atoms with E-state index < -0.39 is 0 Å². The highest BCUT2D eigenvalue weighted by Crippen LogP contribution is 2.25. The van der Waals surface area contributed by atoms with E-state index in [0.717, 1.165) is 41.9 Å². The average molecular weight is 306 g/mol. The summed E-state index contributed by atoms with van der Waals surface area (Å²) in [5.41, 5.74) is 1.69. The predicted octanol–water partition coefficient (Wildman–Crippen LogP) is 5.21. The molecule has 0 radical (unpaired) electrons. The molecule has 3 nitrogen and oxygen atoms in total. The standard InChI is InChI=1S/C20H18O3/c21-20-16(8-2-10-18-12-4-14-22-18)6-1-7-17(20)9-3-11-19-13-5-15-23-19/h2-5,8-15H,1,6-7H2/b10-2+,11-3+,16-8+,17-9+. The molecule has 1 aliphatic rings. The van der Waals surface area contributed by atoms with Crippen LogP contribution in [0.15, 0.2) is 81.1 Å². The predicted molar refractivity (Wildman–Crippen MR) is 90.5 cm³/mol. The Hall–Kier alpha value is -2.81. The fraction of sp³-hybridized carbons (Fsp3) is 0.150. The lowest BCUT2D eigenvalue weighted by Crippen LogP contribution is -2.12. The third-order valence-corrected chi connectivity index (χ3v) is 3.68. The van der Waals surface area contributed by atoms with Gasteiger partial charge in [0, 0.05) is 0 Å². The Kier molecular flexibility index (Phi) is 4.89. The number of Topliss-reactive ketones (excluding diaryl/α,β-unsaturated/α-hetero) is 1. The molecule has 2 aromatic heterocycles. The minimum atomic E-state index is 0.129. The van der Waals surface area contributed by atoms with E-state index in [1.165, 1.54) is 0 Å². The summed E-state index contributed by atoms with van der Waals surface area (Å²) in [5, 5.41) is 0. The second-order valence-corrected chi connectivity index (χ2v) is 5.32. The van der Waals surface area contributed by atoms with Gasteiger partial charge in [-0.3, -0.25) is 4.79 Å². The molecule has 0 bridgehead atoms. The van der Waals surface area contributed by atoms with Crippen molar-refractivity contribution in [3.63, 3.8) is 0 Å². The van der Waals surface area contributed by atoms with Crippen LogP contribution in [-0.4, -0.2) is 5.78 Å². The molecular weight excluding hydrogens is 288 g/mol. The van der Waals surface area contributed by atoms with Crippen LogP contribution in [0.1, 0.15) is 30.8 Å². The van der Waals surface area contributed by atoms with Crippen LogP contribution in [0.5, 0.6) is 0 Å². The van der Waals surface area contributed by atoms with E-state index >= 15 is 0 Å². The minimum absolute atomic E-state index is 0.129. The largest absolute Gasteiger partial charge is 0.465 e. The molecule has 1 saturated carbocycles. The number of hydrogen-bond donors (Lipinski definition) is 0. The molecule has 0 N–H and O–H groups in total. The van der Waals surface area contributed by atoms with E-state index in [1.54, 1.807) is 12.5 Å². The van der Waals surface area contributed by atoms with E-state index in [2.05, 4.69) is 0 Å². The lowest BCUT2D eigenvalue weighted by molar-refractivity contribution is -0.113. The summed E-state index contributed by atoms with van der Waals surface area (Å²) in [6, 6.07) is 7.43. The molecule has 3 rings (SSSR count). The first kappa shape index (κ1) is 15.1. The Morgan fingerprint density at radius 1 is 0.826 bits per heavy atom. The second-order valence-electron chi connectivity index (χ2n) is 5.32. The van der Waals surface area contributed by atoms with Gasteiger partial charge < -0.3 is 8.83 Å². The van der Waals surface area contributed by atoms with E-state index in [9.17, 15) is 4.79 Å². The molecule has 116 valence electrons. The fourth-order valence-electron chi connectivity index (χ4n) is 2.51. The summed E-state index contributed by atoms with van der Waals surface area (Å²) < 4.78 is 10.5. The van der Waals surface area contributed by atoms with Crippen molar-refractivity contribution >= 4 is 17.9 Å². The molecule has 3 heteroatoms. The van der Waals surface area contributed by atoms with Crippen LogP contribution in [0.4, 0.5) is 0 Å². The summed E-state index contributed by atoms with van der Waals surface area (Å²) >= 11 is 0. The van der Waals surface area contributed by atoms with Gasteiger partial charge >= 0.3 is 0 Å². The summed E-state index contributed by atoms with van der Waals surface area (Å²) in [7, 11) is 0. The summed E-state index contributed by atoms with van der Waals surface area (Å²) in [4.78, 5) is 12.5. The summed E-state index contributed by atoms with van der Waals surface area (Å²) in [6.45, 7) is 0. The average Bonchev–Trinajstić information content (AvgIpc) is 3.24. The van der Waals surface area contributed by atoms with Crippen molar-refractivity contribution in [1.82, 2.24) is 0 Å². The zero-order valence-corrected chi connectivity index (χ0v) is 12.8. The number of furan rings is 2. The molecule has 0 aromatic carbocycles. The van der Waals surface area contributed by atoms with Crippen LogP contribution in [0.25, 0.3) is 12.2 Å². The molecule has 0 saturated heterocycles. The van der Waals surface area contributed by atoms with Crippen LogP contribution < -0.4 is 0 Å². The zero-order valence-electron chi connectivity index (χ0n) is 12.8. The van der Waals surface area contributed by atoms with Gasteiger partial charge in [0.2, 0.25) is 0 Å². The van der Waals surface area contributed by atoms with Crippen molar-refractivity contribution in [1.29, 1.82) is 0 Å². The number of carbonyl (C=O) groups excluding carboxylic acids is 1. The Balaban J connectivity index is 1.68. The van der Waals surface area contributed by atoms with Gasteiger partial charge in [0.1, 0.15) is 11.5 Å². The highest BCUT2D eigenvalue weighted by Gasteiger charge is 2.19. The maximum atomic E-state index is 12.5. The third kappa shape index (κ3) is 4.10. The Morgan fingerprint density at radius 2 is 1.35 bits per heavy atom. The van der Waals surface area contributed by atoms with Gasteiger partial charge in [-0.05, 0) is 66.8 Å². The first-order valence-electron chi connectivity index (χ1n) is 7.69. The number of allylic oxidation sites excluding steroid dienone is 6. The van der Waals surface area contributed by atoms with Crippen molar-refractivity contribution in [2.45, 2.75) is 19.3 Å². The van der Waals surface area contributed by atoms with Gasteiger partial charge in [0.05, 0.1) is 12.5 Å². The monoisotopic (exact) mass is 306 g/mol. The van der Waals surface area contributed by atoms with Crippen LogP contribution in [0.3, 0.4) is 0 Å². The smallest absolute Gasteiger partial charge is 0.184 e. The second kappa shape index (κ2) is 7.45. The Labute approximate surface area is 135 Å². The van der Waals surface area contributed by atoms with Crippen molar-refractivity contribution in [3.05, 3.63) is 83.8 Å². The molecule has 23 heavy (non-hydrogen) atoms. The Morgan fingerprint density at radius 3 is 1.78 bits per heavy atom. The molecule has 1 fully saturated rings. The minimum Gasteiger partial charge on any atom is -0.465 e. The van der Waals surface area contributed by atoms with Gasteiger partial charge in [-0.25, -0.2) is 0 Å². The zero-order chi connectivity index (χ0) is 15.9. The Bertz CT molecular complexity index is 690. The highest BCUT2D eigenvalue weighted by atomic mass is 16.3. The normalized spacial score (nSPS) is 19.6. The molecule has 0 atom stereocenters. The first-order valence-corrected chi connectivity index (χ1v) is 7.69. The van der Waals surface area contributed by atoms with Gasteiger partial charge in [-0.1, -0.05) is 24.3 Å². The van der Waals surface area contributed by atoms with Crippen molar-refractivity contribution in [2.24, 2.45) is 0 Å². The van der Waals surface area contributed by atoms with Crippen molar-refractivity contribution in [3.8, 4) is 0 Å². The lowest BCUT2D eigenvalue weighted by Gasteiger charge is -2.15. The van der Waals surface area contributed by atoms with Crippen LogP contribution in [-0.2, 0) is 4.79 Å². The molecule has 2 heterocycles. The van der Waals surface area contributed by atoms with Crippen LogP contribution >= 0.6 is 0 Å².